The van der Waals surface area contributed by atoms with Crippen molar-refractivity contribution < 1.29 is 14.9 Å². The largest absolute Gasteiger partial charge is 0.494 e. The van der Waals surface area contributed by atoms with Crippen LogP contribution in [0.25, 0.3) is 0 Å². The summed E-state index contributed by atoms with van der Waals surface area (Å²) in [7, 11) is 0. The molecule has 0 spiro atoms. The average Bonchev–Trinajstić information content (AvgIpc) is 2.91. The molecule has 1 heterocycles. The van der Waals surface area contributed by atoms with Crippen LogP contribution in [0, 0.1) is 0 Å². The van der Waals surface area contributed by atoms with Crippen molar-refractivity contribution in [3.63, 3.8) is 0 Å². The van der Waals surface area contributed by atoms with E-state index in [0.717, 1.165) is 31.8 Å². The quantitative estimate of drug-likeness (QED) is 0.874. The molecule has 0 aromatic heterocycles. The van der Waals surface area contributed by atoms with Gasteiger partial charge in [0.25, 0.3) is 0 Å². The standard InChI is InChI=1S/C19H29NO3/c1-2-23-18-12-16-6-3-5-15(16)11-17(18)13-20-9-4-7-19(22,14-21)8-10-20/h11-12,21-22H,2-10,13-14H2,1H3/t19-/m1/s1. The molecule has 128 valence electrons. The minimum Gasteiger partial charge on any atom is -0.494 e. The predicted octanol–water partition coefficient (Wildman–Crippen LogP) is 2.28. The van der Waals surface area contributed by atoms with Crippen molar-refractivity contribution >= 4 is 0 Å². The molecule has 0 saturated carbocycles. The van der Waals surface area contributed by atoms with E-state index < -0.39 is 5.60 Å². The highest BCUT2D eigenvalue weighted by Crippen LogP contribution is 2.32. The van der Waals surface area contributed by atoms with Gasteiger partial charge in [-0.25, -0.2) is 0 Å². The van der Waals surface area contributed by atoms with Gasteiger partial charge >= 0.3 is 0 Å². The van der Waals surface area contributed by atoms with E-state index in [1.54, 1.807) is 0 Å². The molecular formula is C19H29NO3. The van der Waals surface area contributed by atoms with Gasteiger partial charge in [0.2, 0.25) is 0 Å². The summed E-state index contributed by atoms with van der Waals surface area (Å²) in [6.07, 6.45) is 5.84. The van der Waals surface area contributed by atoms with Crippen LogP contribution in [0.3, 0.4) is 0 Å². The fourth-order valence-electron chi connectivity index (χ4n) is 3.86. The summed E-state index contributed by atoms with van der Waals surface area (Å²) in [5.41, 5.74) is 3.30. The van der Waals surface area contributed by atoms with E-state index in [1.165, 1.54) is 36.0 Å². The number of aliphatic hydroxyl groups is 2. The van der Waals surface area contributed by atoms with Crippen LogP contribution < -0.4 is 4.74 Å². The van der Waals surface area contributed by atoms with Gasteiger partial charge in [-0.1, -0.05) is 6.07 Å². The molecule has 1 atom stereocenters. The second-order valence-electron chi connectivity index (χ2n) is 7.03. The van der Waals surface area contributed by atoms with Gasteiger partial charge in [0, 0.05) is 18.7 Å². The first-order chi connectivity index (χ1) is 11.1. The summed E-state index contributed by atoms with van der Waals surface area (Å²) in [5.74, 6) is 1.02. The topological polar surface area (TPSA) is 52.9 Å². The Kier molecular flexibility index (Phi) is 5.24. The molecule has 1 saturated heterocycles. The highest BCUT2D eigenvalue weighted by atomic mass is 16.5. The van der Waals surface area contributed by atoms with Crippen LogP contribution in [0.1, 0.15) is 49.3 Å². The zero-order valence-electron chi connectivity index (χ0n) is 14.2. The summed E-state index contributed by atoms with van der Waals surface area (Å²) in [6.45, 7) is 5.24. The Morgan fingerprint density at radius 1 is 1.13 bits per heavy atom. The molecule has 4 nitrogen and oxygen atoms in total. The summed E-state index contributed by atoms with van der Waals surface area (Å²) >= 11 is 0. The molecular weight excluding hydrogens is 290 g/mol. The van der Waals surface area contributed by atoms with Crippen molar-refractivity contribution in [1.82, 2.24) is 4.90 Å². The van der Waals surface area contributed by atoms with E-state index in [0.29, 0.717) is 19.4 Å². The van der Waals surface area contributed by atoms with Crippen LogP contribution in [0.2, 0.25) is 0 Å². The molecule has 1 aromatic rings. The van der Waals surface area contributed by atoms with Gasteiger partial charge in [-0.2, -0.15) is 0 Å². The lowest BCUT2D eigenvalue weighted by atomic mass is 9.96. The molecule has 0 unspecified atom stereocenters. The number of fused-ring (bicyclic) bond motifs is 1. The molecule has 23 heavy (non-hydrogen) atoms. The summed E-state index contributed by atoms with van der Waals surface area (Å²) in [5, 5.41) is 19.7. The number of rotatable bonds is 5. The Bertz CT molecular complexity index is 546. The third kappa shape index (κ3) is 3.87. The van der Waals surface area contributed by atoms with E-state index in [-0.39, 0.29) is 6.61 Å². The minimum absolute atomic E-state index is 0.135. The Hall–Kier alpha value is -1.10. The highest BCUT2D eigenvalue weighted by molar-refractivity contribution is 5.44. The van der Waals surface area contributed by atoms with Crippen LogP contribution in [0.5, 0.6) is 5.75 Å². The van der Waals surface area contributed by atoms with Crippen LogP contribution in [0.4, 0.5) is 0 Å². The van der Waals surface area contributed by atoms with Crippen molar-refractivity contribution in [2.45, 2.75) is 57.6 Å². The lowest BCUT2D eigenvalue weighted by Crippen LogP contribution is -2.34. The smallest absolute Gasteiger partial charge is 0.124 e. The minimum atomic E-state index is -0.893. The number of likely N-dealkylation sites (tertiary alicyclic amines) is 1. The number of aryl methyl sites for hydroxylation is 2. The van der Waals surface area contributed by atoms with Crippen LogP contribution in [-0.2, 0) is 19.4 Å². The lowest BCUT2D eigenvalue weighted by molar-refractivity contribution is -0.0255. The maximum Gasteiger partial charge on any atom is 0.124 e. The van der Waals surface area contributed by atoms with Gasteiger partial charge in [0.1, 0.15) is 5.75 Å². The SMILES string of the molecule is CCOc1cc2c(cc1CN1CCC[C@](O)(CO)CC1)CCC2. The third-order valence-corrected chi connectivity index (χ3v) is 5.27. The average molecular weight is 319 g/mol. The third-order valence-electron chi connectivity index (χ3n) is 5.27. The monoisotopic (exact) mass is 319 g/mol. The Labute approximate surface area is 139 Å². The molecule has 1 aliphatic carbocycles. The molecule has 1 aliphatic heterocycles. The molecule has 1 aromatic carbocycles. The molecule has 2 aliphatic rings. The maximum absolute atomic E-state index is 10.3. The van der Waals surface area contributed by atoms with E-state index in [2.05, 4.69) is 17.0 Å². The van der Waals surface area contributed by atoms with Gasteiger partial charge < -0.3 is 14.9 Å². The van der Waals surface area contributed by atoms with Gasteiger partial charge in [0.05, 0.1) is 18.8 Å². The van der Waals surface area contributed by atoms with Crippen molar-refractivity contribution in [2.24, 2.45) is 0 Å². The molecule has 1 fully saturated rings. The Morgan fingerprint density at radius 2 is 1.91 bits per heavy atom. The zero-order chi connectivity index (χ0) is 16.3. The molecule has 4 heteroatoms. The van der Waals surface area contributed by atoms with Crippen LogP contribution >= 0.6 is 0 Å². The highest BCUT2D eigenvalue weighted by Gasteiger charge is 2.29. The van der Waals surface area contributed by atoms with Crippen molar-refractivity contribution in [3.05, 3.63) is 28.8 Å². The van der Waals surface area contributed by atoms with Crippen molar-refractivity contribution in [1.29, 1.82) is 0 Å². The van der Waals surface area contributed by atoms with Crippen molar-refractivity contribution in [2.75, 3.05) is 26.3 Å². The summed E-state index contributed by atoms with van der Waals surface area (Å²) in [4.78, 5) is 2.38. The van der Waals surface area contributed by atoms with E-state index in [4.69, 9.17) is 4.74 Å². The maximum atomic E-state index is 10.3. The number of ether oxygens (including phenoxy) is 1. The Morgan fingerprint density at radius 3 is 2.65 bits per heavy atom. The second-order valence-corrected chi connectivity index (χ2v) is 7.03. The van der Waals surface area contributed by atoms with Gasteiger partial charge in [-0.05, 0) is 69.2 Å². The van der Waals surface area contributed by atoms with E-state index in [1.807, 2.05) is 6.92 Å². The number of hydrogen-bond donors (Lipinski definition) is 2. The first-order valence-corrected chi connectivity index (χ1v) is 8.96. The molecule has 0 radical (unpaired) electrons. The zero-order valence-corrected chi connectivity index (χ0v) is 14.2. The van der Waals surface area contributed by atoms with Crippen molar-refractivity contribution in [3.8, 4) is 5.75 Å². The Balaban J connectivity index is 1.74. The number of nitrogens with zero attached hydrogens (tertiary/aromatic N) is 1. The number of aliphatic hydroxyl groups excluding tert-OH is 1. The van der Waals surface area contributed by atoms with Gasteiger partial charge in [-0.3, -0.25) is 4.90 Å². The fourth-order valence-corrected chi connectivity index (χ4v) is 3.86. The molecule has 0 amide bonds. The number of benzene rings is 1. The first-order valence-electron chi connectivity index (χ1n) is 8.96. The lowest BCUT2D eigenvalue weighted by Gasteiger charge is -2.25. The summed E-state index contributed by atoms with van der Waals surface area (Å²) < 4.78 is 5.88. The molecule has 2 N–H and O–H groups in total. The van der Waals surface area contributed by atoms with Crippen LogP contribution in [0.15, 0.2) is 12.1 Å². The second kappa shape index (κ2) is 7.20. The van der Waals surface area contributed by atoms with E-state index in [9.17, 15) is 10.2 Å². The first kappa shape index (κ1) is 16.7. The van der Waals surface area contributed by atoms with E-state index >= 15 is 0 Å². The van der Waals surface area contributed by atoms with Gasteiger partial charge in [0.15, 0.2) is 0 Å². The predicted molar refractivity (Wildman–Crippen MR) is 90.8 cm³/mol. The summed E-state index contributed by atoms with van der Waals surface area (Å²) in [6, 6.07) is 4.57. The molecule has 3 rings (SSSR count). The van der Waals surface area contributed by atoms with Gasteiger partial charge in [-0.15, -0.1) is 0 Å². The number of hydrogen-bond acceptors (Lipinski definition) is 4. The normalized spacial score (nSPS) is 25.2. The van der Waals surface area contributed by atoms with Crippen LogP contribution in [-0.4, -0.2) is 47.0 Å². The fraction of sp³-hybridized carbons (Fsp3) is 0.684. The molecule has 0 bridgehead atoms.